The van der Waals surface area contributed by atoms with E-state index in [1.807, 2.05) is 25.1 Å². The van der Waals surface area contributed by atoms with Crippen LogP contribution in [0.2, 0.25) is 0 Å². The molecule has 0 bridgehead atoms. The normalized spacial score (nSPS) is 10.9. The molecule has 1 N–H and O–H groups in total. The van der Waals surface area contributed by atoms with Crippen LogP contribution >= 0.6 is 11.3 Å². The highest BCUT2D eigenvalue weighted by atomic mass is 32.1. The van der Waals surface area contributed by atoms with Gasteiger partial charge in [-0.25, -0.2) is 4.98 Å². The van der Waals surface area contributed by atoms with E-state index in [2.05, 4.69) is 15.3 Å². The number of hydrogen-bond acceptors (Lipinski definition) is 7. The van der Waals surface area contributed by atoms with Crippen LogP contribution in [0, 0.1) is 17.0 Å². The SMILES string of the molecule is Cc1ccc2nc(NC(=O)COc3ccc([N+](=O)[O-])c4cccnc34)sc2c1. The Morgan fingerprint density at radius 1 is 1.29 bits per heavy atom. The number of non-ortho nitro benzene ring substituents is 1. The van der Waals surface area contributed by atoms with Gasteiger partial charge in [-0.1, -0.05) is 17.4 Å². The van der Waals surface area contributed by atoms with Crippen LogP contribution in [0.4, 0.5) is 10.8 Å². The van der Waals surface area contributed by atoms with Crippen LogP contribution in [-0.2, 0) is 4.79 Å². The molecule has 2 aromatic carbocycles. The average molecular weight is 394 g/mol. The Hall–Kier alpha value is -3.59. The van der Waals surface area contributed by atoms with Gasteiger partial charge in [0.05, 0.1) is 20.5 Å². The second kappa shape index (κ2) is 7.20. The fraction of sp³-hybridized carbons (Fsp3) is 0.105. The van der Waals surface area contributed by atoms with Crippen LogP contribution in [0.1, 0.15) is 5.56 Å². The molecule has 0 saturated heterocycles. The molecule has 0 atom stereocenters. The summed E-state index contributed by atoms with van der Waals surface area (Å²) in [6.45, 7) is 1.73. The molecular weight excluding hydrogens is 380 g/mol. The highest BCUT2D eigenvalue weighted by molar-refractivity contribution is 7.22. The number of hydrogen-bond donors (Lipinski definition) is 1. The number of amides is 1. The van der Waals surface area contributed by atoms with E-state index in [9.17, 15) is 14.9 Å². The molecule has 28 heavy (non-hydrogen) atoms. The summed E-state index contributed by atoms with van der Waals surface area (Å²) in [5, 5.41) is 14.7. The molecule has 0 fully saturated rings. The van der Waals surface area contributed by atoms with Gasteiger partial charge in [-0.15, -0.1) is 0 Å². The number of nitro benzene ring substituents is 1. The summed E-state index contributed by atoms with van der Waals surface area (Å²) in [5.41, 5.74) is 2.21. The molecule has 4 aromatic rings. The molecule has 0 aliphatic carbocycles. The fourth-order valence-electron chi connectivity index (χ4n) is 2.79. The van der Waals surface area contributed by atoms with Crippen molar-refractivity contribution in [3.63, 3.8) is 0 Å². The van der Waals surface area contributed by atoms with Crippen LogP contribution in [-0.4, -0.2) is 27.4 Å². The van der Waals surface area contributed by atoms with Crippen LogP contribution < -0.4 is 10.1 Å². The number of thiazole rings is 1. The predicted molar refractivity (Wildman–Crippen MR) is 107 cm³/mol. The Labute approximate surface area is 163 Å². The van der Waals surface area contributed by atoms with Crippen molar-refractivity contribution in [2.75, 3.05) is 11.9 Å². The van der Waals surface area contributed by atoms with Gasteiger partial charge in [-0.3, -0.25) is 25.2 Å². The van der Waals surface area contributed by atoms with Crippen LogP contribution in [0.3, 0.4) is 0 Å². The van der Waals surface area contributed by atoms with Gasteiger partial charge >= 0.3 is 0 Å². The molecule has 0 aliphatic rings. The van der Waals surface area contributed by atoms with E-state index < -0.39 is 4.92 Å². The Morgan fingerprint density at radius 3 is 2.96 bits per heavy atom. The van der Waals surface area contributed by atoms with Crippen molar-refractivity contribution in [3.05, 3.63) is 64.3 Å². The average Bonchev–Trinajstić information content (AvgIpc) is 3.07. The van der Waals surface area contributed by atoms with Gasteiger partial charge in [0, 0.05) is 12.3 Å². The highest BCUT2D eigenvalue weighted by Crippen LogP contribution is 2.31. The molecular formula is C19H14N4O4S. The number of rotatable bonds is 5. The zero-order chi connectivity index (χ0) is 19.7. The van der Waals surface area contributed by atoms with Crippen molar-refractivity contribution in [3.8, 4) is 5.75 Å². The molecule has 8 nitrogen and oxygen atoms in total. The molecule has 9 heteroatoms. The minimum Gasteiger partial charge on any atom is -0.481 e. The first kappa shape index (κ1) is 17.8. The topological polar surface area (TPSA) is 107 Å². The summed E-state index contributed by atoms with van der Waals surface area (Å²) in [4.78, 5) is 31.4. The van der Waals surface area contributed by atoms with E-state index >= 15 is 0 Å². The number of aryl methyl sites for hydroxylation is 1. The lowest BCUT2D eigenvalue weighted by Crippen LogP contribution is -2.20. The number of carbonyl (C=O) groups is 1. The minimum atomic E-state index is -0.477. The molecule has 2 heterocycles. The molecule has 0 aliphatic heterocycles. The quantitative estimate of drug-likeness (QED) is 0.404. The summed E-state index contributed by atoms with van der Waals surface area (Å²) in [6.07, 6.45) is 1.52. The molecule has 0 unspecified atom stereocenters. The maximum atomic E-state index is 12.2. The van der Waals surface area contributed by atoms with E-state index in [1.165, 1.54) is 29.7 Å². The Bertz CT molecular complexity index is 1220. The van der Waals surface area contributed by atoms with Gasteiger partial charge in [-0.05, 0) is 42.8 Å². The van der Waals surface area contributed by atoms with E-state index in [0.717, 1.165) is 15.8 Å². The molecule has 2 aromatic heterocycles. The van der Waals surface area contributed by atoms with Crippen molar-refractivity contribution >= 4 is 49.2 Å². The zero-order valence-corrected chi connectivity index (χ0v) is 15.5. The first-order valence-corrected chi connectivity index (χ1v) is 9.15. The van der Waals surface area contributed by atoms with E-state index in [4.69, 9.17) is 4.74 Å². The van der Waals surface area contributed by atoms with Gasteiger partial charge < -0.3 is 4.74 Å². The molecule has 1 amide bonds. The highest BCUT2D eigenvalue weighted by Gasteiger charge is 2.16. The third-order valence-electron chi connectivity index (χ3n) is 4.06. The van der Waals surface area contributed by atoms with E-state index in [0.29, 0.717) is 21.8 Å². The number of nitro groups is 1. The van der Waals surface area contributed by atoms with Gasteiger partial charge in [0.1, 0.15) is 11.3 Å². The summed E-state index contributed by atoms with van der Waals surface area (Å²) < 4.78 is 6.55. The van der Waals surface area contributed by atoms with Crippen molar-refractivity contribution in [2.45, 2.75) is 6.92 Å². The lowest BCUT2D eigenvalue weighted by atomic mass is 10.1. The summed E-state index contributed by atoms with van der Waals surface area (Å²) in [6, 6.07) is 11.9. The third kappa shape index (κ3) is 3.47. The van der Waals surface area contributed by atoms with Gasteiger partial charge in [0.2, 0.25) is 0 Å². The van der Waals surface area contributed by atoms with E-state index in [-0.39, 0.29) is 18.2 Å². The zero-order valence-electron chi connectivity index (χ0n) is 14.7. The monoisotopic (exact) mass is 394 g/mol. The van der Waals surface area contributed by atoms with Gasteiger partial charge in [-0.2, -0.15) is 0 Å². The van der Waals surface area contributed by atoms with Crippen LogP contribution in [0.25, 0.3) is 21.1 Å². The number of carbonyl (C=O) groups excluding carboxylic acids is 1. The Kier molecular flexibility index (Phi) is 4.58. The van der Waals surface area contributed by atoms with Gasteiger partial charge in [0.15, 0.2) is 11.7 Å². The van der Waals surface area contributed by atoms with Crippen LogP contribution in [0.15, 0.2) is 48.7 Å². The van der Waals surface area contributed by atoms with Gasteiger partial charge in [0.25, 0.3) is 11.6 Å². The van der Waals surface area contributed by atoms with Crippen molar-refractivity contribution in [1.29, 1.82) is 0 Å². The summed E-state index contributed by atoms with van der Waals surface area (Å²) >= 11 is 1.38. The molecule has 0 radical (unpaired) electrons. The number of fused-ring (bicyclic) bond motifs is 2. The van der Waals surface area contributed by atoms with Crippen LogP contribution in [0.5, 0.6) is 5.75 Å². The lowest BCUT2D eigenvalue weighted by Gasteiger charge is -2.08. The maximum Gasteiger partial charge on any atom is 0.279 e. The summed E-state index contributed by atoms with van der Waals surface area (Å²) in [7, 11) is 0. The second-order valence-corrected chi connectivity index (χ2v) is 7.10. The standard InChI is InChI=1S/C19H14N4O4S/c1-11-4-5-13-16(9-11)28-19(21-13)22-17(24)10-27-15-7-6-14(23(25)26)12-3-2-8-20-18(12)15/h2-9H,10H2,1H3,(H,21,22,24). The maximum absolute atomic E-state index is 12.2. The molecule has 140 valence electrons. The predicted octanol–water partition coefficient (Wildman–Crippen LogP) is 4.08. The lowest BCUT2D eigenvalue weighted by molar-refractivity contribution is -0.383. The Balaban J connectivity index is 1.50. The number of nitrogens with zero attached hydrogens (tertiary/aromatic N) is 3. The first-order chi connectivity index (χ1) is 13.5. The molecule has 0 saturated carbocycles. The Morgan fingerprint density at radius 2 is 2.14 bits per heavy atom. The number of ether oxygens (including phenoxy) is 1. The van der Waals surface area contributed by atoms with Crippen molar-refractivity contribution in [1.82, 2.24) is 9.97 Å². The minimum absolute atomic E-state index is 0.0651. The van der Waals surface area contributed by atoms with Crippen molar-refractivity contribution in [2.24, 2.45) is 0 Å². The first-order valence-electron chi connectivity index (χ1n) is 8.33. The molecule has 4 rings (SSSR count). The number of benzene rings is 2. The number of pyridine rings is 1. The second-order valence-electron chi connectivity index (χ2n) is 6.07. The number of nitrogens with one attached hydrogen (secondary N) is 1. The fourth-order valence-corrected chi connectivity index (χ4v) is 3.77. The number of aromatic nitrogens is 2. The van der Waals surface area contributed by atoms with Crippen molar-refractivity contribution < 1.29 is 14.5 Å². The molecule has 0 spiro atoms. The van der Waals surface area contributed by atoms with E-state index in [1.54, 1.807) is 12.1 Å². The smallest absolute Gasteiger partial charge is 0.279 e. The third-order valence-corrected chi connectivity index (χ3v) is 4.99. The summed E-state index contributed by atoms with van der Waals surface area (Å²) in [5.74, 6) is -0.0745. The number of anilines is 1. The largest absolute Gasteiger partial charge is 0.481 e.